The van der Waals surface area contributed by atoms with Crippen LogP contribution in [0.1, 0.15) is 11.1 Å². The Morgan fingerprint density at radius 3 is 2.61 bits per heavy atom. The lowest BCUT2D eigenvalue weighted by Crippen LogP contribution is -2.50. The van der Waals surface area contributed by atoms with E-state index in [-0.39, 0.29) is 19.1 Å². The van der Waals surface area contributed by atoms with Gasteiger partial charge in [0.25, 0.3) is 0 Å². The second-order valence-electron chi connectivity index (χ2n) is 4.58. The van der Waals surface area contributed by atoms with Crippen LogP contribution in [0, 0.1) is 30.6 Å². The Morgan fingerprint density at radius 1 is 1.50 bits per heavy atom. The highest BCUT2D eigenvalue weighted by molar-refractivity contribution is 6.34. The summed E-state index contributed by atoms with van der Waals surface area (Å²) in [4.78, 5) is 12.1. The Kier molecular flexibility index (Phi) is 3.29. The first-order valence-electron chi connectivity index (χ1n) is 5.56. The molecule has 0 aliphatic carbocycles. The maximum absolute atomic E-state index is 12.1. The van der Waals surface area contributed by atoms with Gasteiger partial charge in [0.2, 0.25) is 5.91 Å². The van der Waals surface area contributed by atoms with Gasteiger partial charge in [0.15, 0.2) is 5.41 Å². The van der Waals surface area contributed by atoms with E-state index in [1.165, 1.54) is 0 Å². The number of nitrogens with one attached hydrogen (secondary N) is 1. The van der Waals surface area contributed by atoms with Crippen molar-refractivity contribution in [2.75, 3.05) is 18.5 Å². The van der Waals surface area contributed by atoms with Crippen LogP contribution in [0.3, 0.4) is 0 Å². The fourth-order valence-electron chi connectivity index (χ4n) is 1.86. The second-order valence-corrected chi connectivity index (χ2v) is 4.99. The van der Waals surface area contributed by atoms with E-state index in [1.54, 1.807) is 6.07 Å². The number of hydrogen-bond donors (Lipinski definition) is 1. The Balaban J connectivity index is 2.25. The molecule has 2 rings (SSSR count). The maximum atomic E-state index is 12.1. The molecule has 0 radical (unpaired) electrons. The highest BCUT2D eigenvalue weighted by Gasteiger charge is 2.46. The number of carbonyl (C=O) groups excluding carboxylic acids is 1. The molecule has 4 nitrogen and oxygen atoms in total. The summed E-state index contributed by atoms with van der Waals surface area (Å²) in [6.07, 6.45) is 0. The van der Waals surface area contributed by atoms with Gasteiger partial charge in [-0.2, -0.15) is 5.26 Å². The number of rotatable bonds is 2. The second kappa shape index (κ2) is 4.60. The molecular weight excluding hydrogens is 252 g/mol. The molecule has 1 saturated heterocycles. The maximum Gasteiger partial charge on any atom is 0.249 e. The van der Waals surface area contributed by atoms with E-state index < -0.39 is 5.41 Å². The number of halogens is 1. The van der Waals surface area contributed by atoms with Crippen LogP contribution in [0.25, 0.3) is 0 Å². The zero-order chi connectivity index (χ0) is 13.3. The molecule has 0 saturated carbocycles. The highest BCUT2D eigenvalue weighted by Crippen LogP contribution is 2.32. The van der Waals surface area contributed by atoms with Crippen molar-refractivity contribution < 1.29 is 9.53 Å². The number of amides is 1. The van der Waals surface area contributed by atoms with Crippen molar-refractivity contribution in [3.8, 4) is 6.07 Å². The molecule has 18 heavy (non-hydrogen) atoms. The number of anilines is 1. The third-order valence-electron chi connectivity index (χ3n) is 3.02. The van der Waals surface area contributed by atoms with Crippen molar-refractivity contribution in [2.24, 2.45) is 5.41 Å². The number of nitrogens with zero attached hydrogens (tertiary/aromatic N) is 1. The summed E-state index contributed by atoms with van der Waals surface area (Å²) in [7, 11) is 0. The molecule has 0 unspecified atom stereocenters. The SMILES string of the molecule is Cc1cc(C)c(NC(=O)C2(C#N)COC2)c(Cl)c1. The standard InChI is InChI=1S/C13H13ClN2O2/c1-8-3-9(2)11(10(14)4-8)16-12(17)13(5-15)6-18-7-13/h3-4H,6-7H2,1-2H3,(H,16,17). The van der Waals surface area contributed by atoms with E-state index in [0.29, 0.717) is 10.7 Å². The van der Waals surface area contributed by atoms with Gasteiger partial charge in [-0.05, 0) is 31.0 Å². The number of nitriles is 1. The van der Waals surface area contributed by atoms with Crippen LogP contribution in [-0.4, -0.2) is 19.1 Å². The fourth-order valence-corrected chi connectivity index (χ4v) is 2.23. The molecule has 94 valence electrons. The summed E-state index contributed by atoms with van der Waals surface area (Å²) in [6.45, 7) is 4.07. The molecule has 0 spiro atoms. The van der Waals surface area contributed by atoms with Crippen molar-refractivity contribution in [3.05, 3.63) is 28.3 Å². The van der Waals surface area contributed by atoms with Gasteiger partial charge in [0, 0.05) is 0 Å². The lowest BCUT2D eigenvalue weighted by Gasteiger charge is -2.33. The van der Waals surface area contributed by atoms with Crippen LogP contribution in [0.5, 0.6) is 0 Å². The summed E-state index contributed by atoms with van der Waals surface area (Å²) in [5.41, 5.74) is 1.40. The van der Waals surface area contributed by atoms with Crippen LogP contribution in [0.4, 0.5) is 5.69 Å². The highest BCUT2D eigenvalue weighted by atomic mass is 35.5. The van der Waals surface area contributed by atoms with Crippen LogP contribution < -0.4 is 5.32 Å². The molecule has 0 aromatic heterocycles. The zero-order valence-corrected chi connectivity index (χ0v) is 11.0. The molecule has 1 fully saturated rings. The fraction of sp³-hybridized carbons (Fsp3) is 0.385. The lowest BCUT2D eigenvalue weighted by molar-refractivity contribution is -0.144. The predicted molar refractivity (Wildman–Crippen MR) is 68.4 cm³/mol. The summed E-state index contributed by atoms with van der Waals surface area (Å²) >= 11 is 6.10. The van der Waals surface area contributed by atoms with Crippen molar-refractivity contribution in [3.63, 3.8) is 0 Å². The van der Waals surface area contributed by atoms with E-state index in [4.69, 9.17) is 21.6 Å². The summed E-state index contributed by atoms with van der Waals surface area (Å²) in [6, 6.07) is 5.71. The monoisotopic (exact) mass is 264 g/mol. The normalized spacial score (nSPS) is 16.6. The zero-order valence-electron chi connectivity index (χ0n) is 10.2. The van der Waals surface area contributed by atoms with Crippen molar-refractivity contribution in [1.82, 2.24) is 0 Å². The minimum Gasteiger partial charge on any atom is -0.377 e. The first-order chi connectivity index (χ1) is 8.48. The molecule has 1 aliphatic heterocycles. The third kappa shape index (κ3) is 2.07. The number of aryl methyl sites for hydroxylation is 2. The van der Waals surface area contributed by atoms with Gasteiger partial charge in [0.1, 0.15) is 0 Å². The molecular formula is C13H13ClN2O2. The molecule has 5 heteroatoms. The van der Waals surface area contributed by atoms with E-state index in [2.05, 4.69) is 5.32 Å². The van der Waals surface area contributed by atoms with E-state index >= 15 is 0 Å². The van der Waals surface area contributed by atoms with Gasteiger partial charge in [-0.25, -0.2) is 0 Å². The lowest BCUT2D eigenvalue weighted by atomic mass is 9.86. The molecule has 1 aliphatic rings. The van der Waals surface area contributed by atoms with Gasteiger partial charge < -0.3 is 10.1 Å². The summed E-state index contributed by atoms with van der Waals surface area (Å²) < 4.78 is 4.95. The Hall–Kier alpha value is -1.57. The first-order valence-corrected chi connectivity index (χ1v) is 5.93. The molecule has 1 aromatic carbocycles. The number of benzene rings is 1. The smallest absolute Gasteiger partial charge is 0.249 e. The van der Waals surface area contributed by atoms with Gasteiger partial charge in [0.05, 0.1) is 30.0 Å². The first kappa shape index (κ1) is 12.9. The van der Waals surface area contributed by atoms with Crippen LogP contribution in [0.2, 0.25) is 5.02 Å². The summed E-state index contributed by atoms with van der Waals surface area (Å²) in [5.74, 6) is -0.356. The number of carbonyl (C=O) groups is 1. The summed E-state index contributed by atoms with van der Waals surface area (Å²) in [5, 5.41) is 12.3. The van der Waals surface area contributed by atoms with Gasteiger partial charge in [-0.1, -0.05) is 17.7 Å². The molecule has 0 atom stereocenters. The Morgan fingerprint density at radius 2 is 2.17 bits per heavy atom. The predicted octanol–water partition coefficient (Wildman–Crippen LogP) is 2.44. The van der Waals surface area contributed by atoms with Crippen molar-refractivity contribution in [2.45, 2.75) is 13.8 Å². The van der Waals surface area contributed by atoms with Crippen molar-refractivity contribution in [1.29, 1.82) is 5.26 Å². The quantitative estimate of drug-likeness (QED) is 0.892. The average Bonchev–Trinajstić information content (AvgIpc) is 2.22. The molecule has 1 aromatic rings. The van der Waals surface area contributed by atoms with Crippen LogP contribution in [-0.2, 0) is 9.53 Å². The average molecular weight is 265 g/mol. The molecule has 1 N–H and O–H groups in total. The van der Waals surface area contributed by atoms with Crippen LogP contribution in [0.15, 0.2) is 12.1 Å². The van der Waals surface area contributed by atoms with Gasteiger partial charge >= 0.3 is 0 Å². The molecule has 1 amide bonds. The topological polar surface area (TPSA) is 62.1 Å². The minimum atomic E-state index is -1.07. The number of ether oxygens (including phenoxy) is 1. The van der Waals surface area contributed by atoms with Crippen molar-refractivity contribution >= 4 is 23.2 Å². The van der Waals surface area contributed by atoms with E-state index in [0.717, 1.165) is 11.1 Å². The van der Waals surface area contributed by atoms with E-state index in [9.17, 15) is 4.79 Å². The van der Waals surface area contributed by atoms with Gasteiger partial charge in [-0.15, -0.1) is 0 Å². The Bertz CT molecular complexity index is 521. The Labute approximate surface area is 111 Å². The molecule has 0 bridgehead atoms. The largest absolute Gasteiger partial charge is 0.377 e. The van der Waals surface area contributed by atoms with Gasteiger partial charge in [-0.3, -0.25) is 4.79 Å². The molecule has 1 heterocycles. The third-order valence-corrected chi connectivity index (χ3v) is 3.31. The minimum absolute atomic E-state index is 0.137. The van der Waals surface area contributed by atoms with E-state index in [1.807, 2.05) is 26.0 Å². The number of hydrogen-bond acceptors (Lipinski definition) is 3. The van der Waals surface area contributed by atoms with Crippen LogP contribution >= 0.6 is 11.6 Å².